The monoisotopic (exact) mass is 279 g/mol. The molecule has 0 saturated heterocycles. The Morgan fingerprint density at radius 3 is 2.90 bits per heavy atom. The van der Waals surface area contributed by atoms with Crippen LogP contribution in [0.5, 0.6) is 0 Å². The van der Waals surface area contributed by atoms with Crippen LogP contribution >= 0.6 is 0 Å². The molecule has 112 valence electrons. The highest BCUT2D eigenvalue weighted by Gasteiger charge is 2.21. The number of imidazole rings is 1. The van der Waals surface area contributed by atoms with Gasteiger partial charge in [-0.3, -0.25) is 4.79 Å². The minimum atomic E-state index is -0.759. The number of hydrogen-bond donors (Lipinski definition) is 2. The molecule has 1 aromatic rings. The van der Waals surface area contributed by atoms with Crippen LogP contribution in [0.4, 0.5) is 0 Å². The van der Waals surface area contributed by atoms with Crippen molar-refractivity contribution >= 4 is 5.97 Å². The molecule has 1 heterocycles. The van der Waals surface area contributed by atoms with E-state index < -0.39 is 12.0 Å². The van der Waals surface area contributed by atoms with Crippen LogP contribution in [-0.2, 0) is 24.2 Å². The predicted octanol–water partition coefficient (Wildman–Crippen LogP) is 1.91. The van der Waals surface area contributed by atoms with E-state index in [4.69, 9.17) is 0 Å². The number of hydrogen-bond acceptors (Lipinski definition) is 3. The summed E-state index contributed by atoms with van der Waals surface area (Å²) in [7, 11) is 0. The van der Waals surface area contributed by atoms with Crippen molar-refractivity contribution in [3.05, 3.63) is 17.2 Å². The van der Waals surface area contributed by atoms with Crippen molar-refractivity contribution in [3.63, 3.8) is 0 Å². The molecule has 1 aliphatic carbocycles. The molecule has 0 bridgehead atoms. The Kier molecular flexibility index (Phi) is 5.17. The summed E-state index contributed by atoms with van der Waals surface area (Å²) in [6.07, 6.45) is 6.14. The topological polar surface area (TPSA) is 67.2 Å². The Morgan fingerprint density at radius 2 is 2.20 bits per heavy atom. The van der Waals surface area contributed by atoms with Crippen LogP contribution in [0.3, 0.4) is 0 Å². The lowest BCUT2D eigenvalue weighted by atomic mass is 10.0. The van der Waals surface area contributed by atoms with E-state index in [1.807, 2.05) is 13.8 Å². The number of carboxylic acids is 1. The second kappa shape index (κ2) is 6.88. The van der Waals surface area contributed by atoms with Gasteiger partial charge in [-0.15, -0.1) is 0 Å². The van der Waals surface area contributed by atoms with Gasteiger partial charge in [-0.25, -0.2) is 4.98 Å². The minimum absolute atomic E-state index is 0.462. The van der Waals surface area contributed by atoms with Gasteiger partial charge in [0.25, 0.3) is 0 Å². The van der Waals surface area contributed by atoms with Crippen molar-refractivity contribution < 1.29 is 9.90 Å². The average molecular weight is 279 g/mol. The Balaban J connectivity index is 2.02. The lowest BCUT2D eigenvalue weighted by Gasteiger charge is -2.18. The van der Waals surface area contributed by atoms with Crippen LogP contribution in [0.25, 0.3) is 0 Å². The minimum Gasteiger partial charge on any atom is -0.480 e. The van der Waals surface area contributed by atoms with Crippen LogP contribution in [0.1, 0.15) is 49.8 Å². The van der Waals surface area contributed by atoms with Crippen molar-refractivity contribution in [1.82, 2.24) is 14.9 Å². The molecule has 0 radical (unpaired) electrons. The highest BCUT2D eigenvalue weighted by atomic mass is 16.4. The summed E-state index contributed by atoms with van der Waals surface area (Å²) in [5.41, 5.74) is 2.55. The van der Waals surface area contributed by atoms with E-state index in [1.54, 1.807) is 0 Å². The molecular weight excluding hydrogens is 254 g/mol. The fourth-order valence-corrected chi connectivity index (χ4v) is 2.92. The second-order valence-electron chi connectivity index (χ2n) is 5.54. The highest BCUT2D eigenvalue weighted by molar-refractivity contribution is 5.73. The molecule has 2 rings (SSSR count). The number of fused-ring (bicyclic) bond motifs is 1. The zero-order valence-electron chi connectivity index (χ0n) is 12.5. The van der Waals surface area contributed by atoms with Crippen LogP contribution in [0, 0.1) is 6.92 Å². The summed E-state index contributed by atoms with van der Waals surface area (Å²) in [5, 5.41) is 12.3. The van der Waals surface area contributed by atoms with E-state index in [9.17, 15) is 9.90 Å². The van der Waals surface area contributed by atoms with Gasteiger partial charge in [0, 0.05) is 12.2 Å². The molecule has 1 atom stereocenters. The first-order valence-corrected chi connectivity index (χ1v) is 7.64. The molecule has 5 heteroatoms. The molecule has 0 saturated carbocycles. The van der Waals surface area contributed by atoms with Gasteiger partial charge in [0.1, 0.15) is 11.9 Å². The number of aromatic nitrogens is 2. The molecule has 0 spiro atoms. The van der Waals surface area contributed by atoms with Crippen molar-refractivity contribution in [1.29, 1.82) is 0 Å². The lowest BCUT2D eigenvalue weighted by Crippen LogP contribution is -2.38. The normalized spacial score (nSPS) is 15.9. The van der Waals surface area contributed by atoms with Crippen molar-refractivity contribution in [2.45, 2.75) is 65.0 Å². The van der Waals surface area contributed by atoms with Gasteiger partial charge in [0.05, 0.1) is 5.69 Å². The smallest absolute Gasteiger partial charge is 0.320 e. The van der Waals surface area contributed by atoms with Gasteiger partial charge in [-0.1, -0.05) is 6.92 Å². The van der Waals surface area contributed by atoms with Gasteiger partial charge < -0.3 is 15.0 Å². The summed E-state index contributed by atoms with van der Waals surface area (Å²) in [6.45, 7) is 5.55. The van der Waals surface area contributed by atoms with Crippen molar-refractivity contribution in [2.24, 2.45) is 0 Å². The van der Waals surface area contributed by atoms with Crippen LogP contribution < -0.4 is 5.32 Å². The van der Waals surface area contributed by atoms with Crippen LogP contribution in [-0.4, -0.2) is 33.2 Å². The van der Waals surface area contributed by atoms with Gasteiger partial charge >= 0.3 is 5.97 Å². The Bertz CT molecular complexity index is 468. The predicted molar refractivity (Wildman–Crippen MR) is 77.9 cm³/mol. The standard InChI is InChI=1S/C15H25N3O2/c1-3-9-16-13(15(19)20)8-10-18-11(2)17-12-6-4-5-7-14(12)18/h13,16H,3-10H2,1-2H3,(H,19,20). The molecule has 0 amide bonds. The number of carbonyl (C=O) groups is 1. The third-order valence-electron chi connectivity index (χ3n) is 4.00. The SMILES string of the molecule is CCCNC(CCn1c(C)nc2c1CCCC2)C(=O)O. The van der Waals surface area contributed by atoms with Gasteiger partial charge in [-0.05, 0) is 52.0 Å². The molecule has 1 unspecified atom stereocenters. The summed E-state index contributed by atoms with van der Waals surface area (Å²) in [6, 6.07) is -0.462. The second-order valence-corrected chi connectivity index (χ2v) is 5.54. The van der Waals surface area contributed by atoms with E-state index in [-0.39, 0.29) is 0 Å². The number of aryl methyl sites for hydroxylation is 2. The number of nitrogens with zero attached hydrogens (tertiary/aromatic N) is 2. The maximum absolute atomic E-state index is 11.3. The summed E-state index contributed by atoms with van der Waals surface area (Å²) < 4.78 is 2.22. The Morgan fingerprint density at radius 1 is 1.45 bits per heavy atom. The molecule has 20 heavy (non-hydrogen) atoms. The Labute approximate surface area is 120 Å². The van der Waals surface area contributed by atoms with E-state index in [2.05, 4.69) is 14.9 Å². The van der Waals surface area contributed by atoms with E-state index in [1.165, 1.54) is 24.2 Å². The number of carboxylic acid groups (broad SMARTS) is 1. The zero-order valence-corrected chi connectivity index (χ0v) is 12.5. The summed E-state index contributed by atoms with van der Waals surface area (Å²) in [5.74, 6) is 0.265. The van der Waals surface area contributed by atoms with Crippen molar-refractivity contribution in [2.75, 3.05) is 6.54 Å². The fraction of sp³-hybridized carbons (Fsp3) is 0.733. The third kappa shape index (κ3) is 3.39. The van der Waals surface area contributed by atoms with Gasteiger partial charge in [0.15, 0.2) is 0 Å². The largest absolute Gasteiger partial charge is 0.480 e. The molecule has 0 aliphatic heterocycles. The van der Waals surface area contributed by atoms with Gasteiger partial charge in [0.2, 0.25) is 0 Å². The van der Waals surface area contributed by atoms with E-state index >= 15 is 0 Å². The fourth-order valence-electron chi connectivity index (χ4n) is 2.92. The van der Waals surface area contributed by atoms with Crippen LogP contribution in [0.2, 0.25) is 0 Å². The molecule has 0 aromatic carbocycles. The maximum Gasteiger partial charge on any atom is 0.320 e. The molecule has 1 aliphatic rings. The summed E-state index contributed by atoms with van der Waals surface area (Å²) >= 11 is 0. The summed E-state index contributed by atoms with van der Waals surface area (Å²) in [4.78, 5) is 15.9. The third-order valence-corrected chi connectivity index (χ3v) is 4.00. The molecule has 2 N–H and O–H groups in total. The molecule has 1 aromatic heterocycles. The number of aliphatic carboxylic acids is 1. The van der Waals surface area contributed by atoms with E-state index in [0.717, 1.165) is 38.2 Å². The lowest BCUT2D eigenvalue weighted by molar-refractivity contribution is -0.139. The first kappa shape index (κ1) is 15.0. The van der Waals surface area contributed by atoms with Crippen molar-refractivity contribution in [3.8, 4) is 0 Å². The quantitative estimate of drug-likeness (QED) is 0.800. The average Bonchev–Trinajstić information content (AvgIpc) is 2.74. The highest BCUT2D eigenvalue weighted by Crippen LogP contribution is 2.22. The molecule has 5 nitrogen and oxygen atoms in total. The number of nitrogens with one attached hydrogen (secondary N) is 1. The number of rotatable bonds is 7. The zero-order chi connectivity index (χ0) is 14.5. The Hall–Kier alpha value is -1.36. The first-order valence-electron chi connectivity index (χ1n) is 7.64. The van der Waals surface area contributed by atoms with Gasteiger partial charge in [-0.2, -0.15) is 0 Å². The van der Waals surface area contributed by atoms with Crippen LogP contribution in [0.15, 0.2) is 0 Å². The molecule has 0 fully saturated rings. The first-order chi connectivity index (χ1) is 9.63. The van der Waals surface area contributed by atoms with E-state index in [0.29, 0.717) is 6.42 Å². The molecular formula is C15H25N3O2. The maximum atomic E-state index is 11.3.